The first-order valence-corrected chi connectivity index (χ1v) is 13.9. The van der Waals surface area contributed by atoms with Gasteiger partial charge in [0.25, 0.3) is 5.91 Å². The molecule has 3 aromatic heterocycles. The predicted molar refractivity (Wildman–Crippen MR) is 139 cm³/mol. The van der Waals surface area contributed by atoms with Crippen LogP contribution in [0.3, 0.4) is 0 Å². The maximum Gasteiger partial charge on any atom is 0.433 e. The highest BCUT2D eigenvalue weighted by molar-refractivity contribution is 7.91. The van der Waals surface area contributed by atoms with Crippen LogP contribution >= 0.6 is 0 Å². The van der Waals surface area contributed by atoms with Crippen LogP contribution in [0, 0.1) is 0 Å². The Kier molecular flexibility index (Phi) is 6.60. The van der Waals surface area contributed by atoms with E-state index >= 15 is 0 Å². The molecule has 0 saturated carbocycles. The van der Waals surface area contributed by atoms with Gasteiger partial charge in [-0.1, -0.05) is 0 Å². The average Bonchev–Trinajstić information content (AvgIpc) is 3.19. The van der Waals surface area contributed by atoms with Gasteiger partial charge < -0.3 is 15.5 Å². The lowest BCUT2D eigenvalue weighted by Crippen LogP contribution is -2.73. The lowest BCUT2D eigenvalue weighted by atomic mass is 9.80. The van der Waals surface area contributed by atoms with Crippen molar-refractivity contribution < 1.29 is 31.2 Å². The van der Waals surface area contributed by atoms with E-state index in [1.54, 1.807) is 30.3 Å². The van der Waals surface area contributed by atoms with Gasteiger partial charge in [-0.3, -0.25) is 14.6 Å². The van der Waals surface area contributed by atoms with Gasteiger partial charge in [-0.15, -0.1) is 0 Å². The second-order valence-corrected chi connectivity index (χ2v) is 11.8. The van der Waals surface area contributed by atoms with Gasteiger partial charge in [0.1, 0.15) is 17.0 Å². The maximum absolute atomic E-state index is 13.3. The third-order valence-corrected chi connectivity index (χ3v) is 7.16. The molecular weight excluding hydrogens is 553 g/mol. The summed E-state index contributed by atoms with van der Waals surface area (Å²) in [5.74, 6) is -1.94. The van der Waals surface area contributed by atoms with Gasteiger partial charge in [0.15, 0.2) is 21.5 Å². The molecule has 1 spiro atoms. The first kappa shape index (κ1) is 27.2. The number of amides is 2. The van der Waals surface area contributed by atoms with Crippen molar-refractivity contribution in [3.8, 4) is 5.82 Å². The smallest absolute Gasteiger partial charge is 0.365 e. The molecular formula is C24H23F3N8O4S. The van der Waals surface area contributed by atoms with E-state index in [9.17, 15) is 31.2 Å². The number of pyridine rings is 2. The fourth-order valence-corrected chi connectivity index (χ4v) is 5.28. The van der Waals surface area contributed by atoms with Crippen molar-refractivity contribution in [3.63, 3.8) is 0 Å². The van der Waals surface area contributed by atoms with Gasteiger partial charge in [-0.2, -0.15) is 23.0 Å². The Balaban J connectivity index is 1.44. The average molecular weight is 577 g/mol. The lowest BCUT2D eigenvalue weighted by molar-refractivity contribution is -0.141. The standard InChI is InChI=1S/C24H23F3N8O4S/c1-28-8-14-3-6-18(30-9-14)35-21(31-19(36)11-40(2,38)39)20-16(33-35)7-23(32-22(20)37)12-34(13-23)15-4-5-17(29-10-15)24(25,26)27/h3-6,8-10H,7,11-13H2,1-2H3,(H,31,36)(H,32,37)/b28-8+. The Hall–Kier alpha value is -4.34. The number of anilines is 2. The van der Waals surface area contributed by atoms with E-state index in [-0.39, 0.29) is 36.7 Å². The summed E-state index contributed by atoms with van der Waals surface area (Å²) in [6, 6.07) is 5.54. The minimum atomic E-state index is -4.55. The highest BCUT2D eigenvalue weighted by Gasteiger charge is 2.50. The zero-order valence-corrected chi connectivity index (χ0v) is 22.0. The number of carbonyl (C=O) groups excluding carboxylic acids is 2. The topological polar surface area (TPSA) is 152 Å². The Morgan fingerprint density at radius 2 is 1.95 bits per heavy atom. The Bertz CT molecular complexity index is 1610. The fraction of sp³-hybridized carbons (Fsp3) is 0.333. The lowest BCUT2D eigenvalue weighted by Gasteiger charge is -2.52. The second-order valence-electron chi connectivity index (χ2n) is 9.70. The molecule has 5 rings (SSSR count). The second kappa shape index (κ2) is 9.69. The number of nitrogens with one attached hydrogen (secondary N) is 2. The number of sulfone groups is 1. The third-order valence-electron chi connectivity index (χ3n) is 6.38. The number of fused-ring (bicyclic) bond motifs is 1. The molecule has 2 aliphatic heterocycles. The van der Waals surface area contributed by atoms with Gasteiger partial charge in [-0.05, 0) is 24.3 Å². The molecule has 1 fully saturated rings. The van der Waals surface area contributed by atoms with Crippen molar-refractivity contribution in [2.24, 2.45) is 4.99 Å². The SMILES string of the molecule is C/N=C/c1ccc(-n2nc3c(c2NC(=O)CS(C)(=O)=O)C(=O)NC2(C3)CN(c3ccc(C(F)(F)F)nc3)C2)nc1. The molecule has 1 saturated heterocycles. The summed E-state index contributed by atoms with van der Waals surface area (Å²) in [7, 11) is -2.05. The van der Waals surface area contributed by atoms with E-state index in [1.165, 1.54) is 16.9 Å². The fourth-order valence-electron chi connectivity index (χ4n) is 4.73. The molecule has 0 unspecified atom stereocenters. The van der Waals surface area contributed by atoms with Crippen molar-refractivity contribution in [1.82, 2.24) is 25.1 Å². The zero-order chi connectivity index (χ0) is 28.9. The molecule has 40 heavy (non-hydrogen) atoms. The third kappa shape index (κ3) is 5.38. The van der Waals surface area contributed by atoms with Crippen LogP contribution in [0.25, 0.3) is 5.82 Å². The molecule has 0 atom stereocenters. The Morgan fingerprint density at radius 3 is 2.52 bits per heavy atom. The number of nitrogens with zero attached hydrogens (tertiary/aromatic N) is 6. The van der Waals surface area contributed by atoms with Gasteiger partial charge in [0.05, 0.1) is 23.1 Å². The molecule has 12 nitrogen and oxygen atoms in total. The van der Waals surface area contributed by atoms with Crippen LogP contribution in [0.5, 0.6) is 0 Å². The highest BCUT2D eigenvalue weighted by atomic mass is 32.2. The highest BCUT2D eigenvalue weighted by Crippen LogP contribution is 2.37. The van der Waals surface area contributed by atoms with E-state index in [4.69, 9.17) is 0 Å². The van der Waals surface area contributed by atoms with Crippen LogP contribution in [0.2, 0.25) is 0 Å². The van der Waals surface area contributed by atoms with Crippen molar-refractivity contribution in [2.75, 3.05) is 42.4 Å². The molecule has 5 heterocycles. The minimum Gasteiger partial charge on any atom is -0.365 e. The summed E-state index contributed by atoms with van der Waals surface area (Å²) in [5.41, 5.74) is -0.156. The van der Waals surface area contributed by atoms with E-state index in [0.29, 0.717) is 16.9 Å². The summed E-state index contributed by atoms with van der Waals surface area (Å²) in [6.45, 7) is 0.578. The van der Waals surface area contributed by atoms with Crippen LogP contribution < -0.4 is 15.5 Å². The number of alkyl halides is 3. The first-order valence-electron chi connectivity index (χ1n) is 11.9. The predicted octanol–water partition coefficient (Wildman–Crippen LogP) is 1.26. The largest absolute Gasteiger partial charge is 0.433 e. The quantitative estimate of drug-likeness (QED) is 0.416. The van der Waals surface area contributed by atoms with Crippen molar-refractivity contribution in [2.45, 2.75) is 18.1 Å². The number of aliphatic imine (C=N–C) groups is 1. The number of rotatable bonds is 6. The minimum absolute atomic E-state index is 0.0245. The van der Waals surface area contributed by atoms with E-state index < -0.39 is 44.8 Å². The van der Waals surface area contributed by atoms with Gasteiger partial charge in [-0.25, -0.2) is 18.4 Å². The molecule has 16 heteroatoms. The summed E-state index contributed by atoms with van der Waals surface area (Å²) in [5, 5.41) is 9.99. The number of hydrogen-bond donors (Lipinski definition) is 2. The Morgan fingerprint density at radius 1 is 1.20 bits per heavy atom. The van der Waals surface area contributed by atoms with Gasteiger partial charge >= 0.3 is 6.18 Å². The maximum atomic E-state index is 13.3. The summed E-state index contributed by atoms with van der Waals surface area (Å²) >= 11 is 0. The van der Waals surface area contributed by atoms with Crippen LogP contribution in [0.4, 0.5) is 24.7 Å². The summed E-state index contributed by atoms with van der Waals surface area (Å²) < 4.78 is 63.2. The van der Waals surface area contributed by atoms with Gasteiger partial charge in [0.2, 0.25) is 5.91 Å². The molecule has 2 amide bonds. The van der Waals surface area contributed by atoms with Crippen LogP contribution in [0.15, 0.2) is 41.7 Å². The van der Waals surface area contributed by atoms with Crippen molar-refractivity contribution in [3.05, 3.63) is 59.2 Å². The molecule has 0 radical (unpaired) electrons. The number of carbonyl (C=O) groups is 2. The molecule has 0 aromatic carbocycles. The molecule has 210 valence electrons. The van der Waals surface area contributed by atoms with E-state index in [2.05, 4.69) is 30.7 Å². The van der Waals surface area contributed by atoms with Gasteiger partial charge in [0, 0.05) is 50.8 Å². The molecule has 2 aliphatic rings. The van der Waals surface area contributed by atoms with Crippen molar-refractivity contribution >= 4 is 39.4 Å². The van der Waals surface area contributed by atoms with Crippen LogP contribution in [0.1, 0.15) is 27.3 Å². The normalized spacial score (nSPS) is 16.5. The molecule has 0 aliphatic carbocycles. The zero-order valence-electron chi connectivity index (χ0n) is 21.2. The monoisotopic (exact) mass is 576 g/mol. The van der Waals surface area contributed by atoms with Crippen LogP contribution in [-0.4, -0.2) is 83.9 Å². The van der Waals surface area contributed by atoms with Crippen LogP contribution in [-0.2, 0) is 27.2 Å². The number of hydrogen-bond acceptors (Lipinski definition) is 9. The molecule has 3 aromatic rings. The van der Waals surface area contributed by atoms with E-state index in [1.807, 2.05) is 0 Å². The van der Waals surface area contributed by atoms with Crippen molar-refractivity contribution in [1.29, 1.82) is 0 Å². The molecule has 2 N–H and O–H groups in total. The summed E-state index contributed by atoms with van der Waals surface area (Å²) in [6.07, 6.45) is 0.865. The molecule has 0 bridgehead atoms. The number of halogens is 3. The van der Waals surface area contributed by atoms with E-state index in [0.717, 1.165) is 18.5 Å². The Labute approximate surface area is 226 Å². The number of aromatic nitrogens is 4. The summed E-state index contributed by atoms with van der Waals surface area (Å²) in [4.78, 5) is 39.4. The first-order chi connectivity index (χ1) is 18.8.